The van der Waals surface area contributed by atoms with Gasteiger partial charge in [-0.15, -0.1) is 0 Å². The third-order valence-corrected chi connectivity index (χ3v) is 2.15. The van der Waals surface area contributed by atoms with Crippen molar-refractivity contribution < 1.29 is 13.2 Å². The van der Waals surface area contributed by atoms with E-state index in [1.807, 2.05) is 6.92 Å². The van der Waals surface area contributed by atoms with E-state index in [0.29, 0.717) is 23.3 Å². The van der Waals surface area contributed by atoms with Gasteiger partial charge < -0.3 is 10.2 Å². The molecule has 14 heavy (non-hydrogen) atoms. The molecule has 1 aromatic carbocycles. The van der Waals surface area contributed by atoms with Crippen LogP contribution in [0, 0.1) is 11.6 Å². The normalized spacial score (nSPS) is 11.1. The molecule has 0 radical (unpaired) electrons. The number of rotatable bonds is 1. The third kappa shape index (κ3) is 1.14. The van der Waals surface area contributed by atoms with Crippen molar-refractivity contribution in [1.29, 1.82) is 0 Å². The molecule has 0 saturated heterocycles. The predicted octanol–water partition coefficient (Wildman–Crippen LogP) is 2.86. The van der Waals surface area contributed by atoms with Crippen LogP contribution in [0.4, 0.5) is 14.5 Å². The van der Waals surface area contributed by atoms with Gasteiger partial charge in [0, 0.05) is 17.9 Å². The fourth-order valence-corrected chi connectivity index (χ4v) is 1.46. The van der Waals surface area contributed by atoms with Gasteiger partial charge in [0.1, 0.15) is 11.6 Å². The van der Waals surface area contributed by atoms with Gasteiger partial charge in [-0.05, 0) is 6.07 Å². The van der Waals surface area contributed by atoms with Crippen LogP contribution >= 0.6 is 0 Å². The quantitative estimate of drug-likeness (QED) is 0.763. The first-order valence-electron chi connectivity index (χ1n) is 4.29. The van der Waals surface area contributed by atoms with Gasteiger partial charge in [-0.3, -0.25) is 0 Å². The van der Waals surface area contributed by atoms with E-state index in [2.05, 4.69) is 0 Å². The second kappa shape index (κ2) is 2.97. The van der Waals surface area contributed by atoms with Gasteiger partial charge in [-0.1, -0.05) is 6.92 Å². The Morgan fingerprint density at radius 1 is 1.36 bits per heavy atom. The van der Waals surface area contributed by atoms with Crippen molar-refractivity contribution in [2.75, 3.05) is 5.73 Å². The first kappa shape index (κ1) is 8.99. The zero-order chi connectivity index (χ0) is 10.3. The summed E-state index contributed by atoms with van der Waals surface area (Å²) in [5.74, 6) is -0.874. The molecule has 0 spiro atoms. The number of anilines is 1. The lowest BCUT2D eigenvalue weighted by Gasteiger charge is -1.92. The maximum Gasteiger partial charge on any atom is 0.172 e. The monoisotopic (exact) mass is 197 g/mol. The van der Waals surface area contributed by atoms with E-state index in [4.69, 9.17) is 10.2 Å². The molecule has 2 N–H and O–H groups in total. The van der Waals surface area contributed by atoms with Crippen LogP contribution in [-0.2, 0) is 6.42 Å². The minimum absolute atomic E-state index is 0.0285. The van der Waals surface area contributed by atoms with E-state index in [1.54, 1.807) is 0 Å². The summed E-state index contributed by atoms with van der Waals surface area (Å²) in [5.41, 5.74) is 6.01. The predicted molar refractivity (Wildman–Crippen MR) is 49.9 cm³/mol. The Labute approximate surface area is 79.3 Å². The zero-order valence-corrected chi connectivity index (χ0v) is 7.60. The van der Waals surface area contributed by atoms with Crippen LogP contribution in [0.1, 0.15) is 12.7 Å². The van der Waals surface area contributed by atoms with Crippen molar-refractivity contribution in [3.63, 3.8) is 0 Å². The van der Waals surface area contributed by atoms with Gasteiger partial charge in [-0.25, -0.2) is 8.78 Å². The number of aryl methyl sites for hydroxylation is 1. The SMILES string of the molecule is CCc1oc2c(F)cc(F)cc2c1N. The first-order valence-corrected chi connectivity index (χ1v) is 4.29. The highest BCUT2D eigenvalue weighted by molar-refractivity contribution is 5.91. The van der Waals surface area contributed by atoms with E-state index in [1.165, 1.54) is 6.07 Å². The molecule has 0 aliphatic heterocycles. The van der Waals surface area contributed by atoms with Gasteiger partial charge in [0.05, 0.1) is 5.69 Å². The second-order valence-corrected chi connectivity index (χ2v) is 3.06. The van der Waals surface area contributed by atoms with E-state index < -0.39 is 11.6 Å². The molecule has 2 aromatic rings. The number of nitrogens with two attached hydrogens (primary N) is 1. The number of nitrogen functional groups attached to an aromatic ring is 1. The van der Waals surface area contributed by atoms with Crippen LogP contribution in [0.25, 0.3) is 11.0 Å². The molecule has 1 aromatic heterocycles. The highest BCUT2D eigenvalue weighted by atomic mass is 19.1. The van der Waals surface area contributed by atoms with Crippen LogP contribution in [0.5, 0.6) is 0 Å². The first-order chi connectivity index (χ1) is 6.63. The molecule has 2 nitrogen and oxygen atoms in total. The molecule has 0 atom stereocenters. The number of furan rings is 1. The molecular weight excluding hydrogens is 188 g/mol. The summed E-state index contributed by atoms with van der Waals surface area (Å²) in [6.45, 7) is 1.84. The molecule has 0 saturated carbocycles. The van der Waals surface area contributed by atoms with Gasteiger partial charge in [-0.2, -0.15) is 0 Å². The van der Waals surface area contributed by atoms with Gasteiger partial charge in [0.15, 0.2) is 11.4 Å². The Morgan fingerprint density at radius 3 is 2.71 bits per heavy atom. The topological polar surface area (TPSA) is 39.2 Å². The molecular formula is C10H9F2NO. The average Bonchev–Trinajstić information content (AvgIpc) is 2.44. The summed E-state index contributed by atoms with van der Waals surface area (Å²) in [4.78, 5) is 0. The fraction of sp³-hybridized carbons (Fsp3) is 0.200. The largest absolute Gasteiger partial charge is 0.456 e. The van der Waals surface area contributed by atoms with E-state index >= 15 is 0 Å². The van der Waals surface area contributed by atoms with E-state index in [0.717, 1.165) is 6.07 Å². The molecule has 0 amide bonds. The highest BCUT2D eigenvalue weighted by Gasteiger charge is 2.14. The molecule has 0 unspecified atom stereocenters. The minimum Gasteiger partial charge on any atom is -0.456 e. The lowest BCUT2D eigenvalue weighted by Crippen LogP contribution is -1.88. The van der Waals surface area contributed by atoms with Gasteiger partial charge >= 0.3 is 0 Å². The molecule has 0 bridgehead atoms. The van der Waals surface area contributed by atoms with E-state index in [9.17, 15) is 8.78 Å². The van der Waals surface area contributed by atoms with Crippen LogP contribution in [0.15, 0.2) is 16.5 Å². The molecule has 4 heteroatoms. The Morgan fingerprint density at radius 2 is 2.07 bits per heavy atom. The summed E-state index contributed by atoms with van der Waals surface area (Å²) in [5, 5.41) is 0.305. The third-order valence-electron chi connectivity index (χ3n) is 2.15. The number of benzene rings is 1. The fourth-order valence-electron chi connectivity index (χ4n) is 1.46. The Kier molecular flexibility index (Phi) is 1.91. The molecule has 0 fully saturated rings. The van der Waals surface area contributed by atoms with Crippen molar-refractivity contribution >= 4 is 16.7 Å². The number of hydrogen-bond donors (Lipinski definition) is 1. The standard InChI is InChI=1S/C10H9F2NO/c1-2-8-9(13)6-3-5(11)4-7(12)10(6)14-8/h3-4H,2,13H2,1H3. The lowest BCUT2D eigenvalue weighted by molar-refractivity contribution is 0.520. The summed E-state index contributed by atoms with van der Waals surface area (Å²) < 4.78 is 31.2. The average molecular weight is 197 g/mol. The zero-order valence-electron chi connectivity index (χ0n) is 7.60. The van der Waals surface area contributed by atoms with Crippen molar-refractivity contribution in [1.82, 2.24) is 0 Å². The highest BCUT2D eigenvalue weighted by Crippen LogP contribution is 2.31. The van der Waals surface area contributed by atoms with Crippen molar-refractivity contribution in [3.05, 3.63) is 29.5 Å². The van der Waals surface area contributed by atoms with Crippen LogP contribution in [-0.4, -0.2) is 0 Å². The number of halogens is 2. The molecule has 2 rings (SSSR count). The van der Waals surface area contributed by atoms with E-state index in [-0.39, 0.29) is 5.58 Å². The maximum absolute atomic E-state index is 13.2. The van der Waals surface area contributed by atoms with Crippen molar-refractivity contribution in [2.24, 2.45) is 0 Å². The van der Waals surface area contributed by atoms with Gasteiger partial charge in [0.25, 0.3) is 0 Å². The summed E-state index contributed by atoms with van der Waals surface area (Å²) >= 11 is 0. The number of fused-ring (bicyclic) bond motifs is 1. The Balaban J connectivity index is 2.85. The Bertz CT molecular complexity index is 490. The van der Waals surface area contributed by atoms with Crippen LogP contribution in [0.2, 0.25) is 0 Å². The minimum atomic E-state index is -0.716. The van der Waals surface area contributed by atoms with Gasteiger partial charge in [0.2, 0.25) is 0 Å². The van der Waals surface area contributed by atoms with Crippen molar-refractivity contribution in [2.45, 2.75) is 13.3 Å². The molecule has 0 aliphatic rings. The summed E-state index contributed by atoms with van der Waals surface area (Å²) in [7, 11) is 0. The van der Waals surface area contributed by atoms with Crippen molar-refractivity contribution in [3.8, 4) is 0 Å². The Hall–Kier alpha value is -1.58. The maximum atomic E-state index is 13.2. The molecule has 74 valence electrons. The van der Waals surface area contributed by atoms with Crippen LogP contribution < -0.4 is 5.73 Å². The second-order valence-electron chi connectivity index (χ2n) is 3.06. The van der Waals surface area contributed by atoms with Crippen LogP contribution in [0.3, 0.4) is 0 Å². The number of hydrogen-bond acceptors (Lipinski definition) is 2. The molecule has 0 aliphatic carbocycles. The lowest BCUT2D eigenvalue weighted by atomic mass is 10.2. The summed E-state index contributed by atoms with van der Waals surface area (Å²) in [6, 6.07) is 1.96. The summed E-state index contributed by atoms with van der Waals surface area (Å²) in [6.07, 6.45) is 0.557. The smallest absolute Gasteiger partial charge is 0.172 e. The molecule has 1 heterocycles.